The third-order valence-electron chi connectivity index (χ3n) is 4.14. The molecule has 2 aromatic heterocycles. The number of nitrogens with zero attached hydrogens (tertiary/aromatic N) is 5. The molecule has 2 N–H and O–H groups in total. The molecule has 3 heterocycles. The predicted molar refractivity (Wildman–Crippen MR) is 77.5 cm³/mol. The molecule has 0 saturated carbocycles. The molecule has 0 spiro atoms. The number of hydrogen-bond acceptors (Lipinski definition) is 5. The normalized spacial score (nSPS) is 20.0. The van der Waals surface area contributed by atoms with Crippen LogP contribution < -0.4 is 0 Å². The summed E-state index contributed by atoms with van der Waals surface area (Å²) < 4.78 is 1.92. The average molecular weight is 290 g/mol. The molecule has 7 nitrogen and oxygen atoms in total. The number of H-pyrrole nitrogens is 1. The van der Waals surface area contributed by atoms with Crippen molar-refractivity contribution < 1.29 is 5.11 Å². The summed E-state index contributed by atoms with van der Waals surface area (Å²) >= 11 is 0. The molecule has 0 bridgehead atoms. The molecule has 1 saturated heterocycles. The molecule has 1 fully saturated rings. The third-order valence-corrected chi connectivity index (χ3v) is 4.14. The van der Waals surface area contributed by atoms with Gasteiger partial charge in [0.05, 0.1) is 6.54 Å². The molecule has 3 rings (SSSR count). The molecule has 0 amide bonds. The first-order valence-electron chi connectivity index (χ1n) is 7.39. The lowest BCUT2D eigenvalue weighted by Crippen LogP contribution is -2.35. The highest BCUT2D eigenvalue weighted by Crippen LogP contribution is 2.26. The Hall–Kier alpha value is -1.73. The minimum atomic E-state index is -0.0639. The van der Waals surface area contributed by atoms with E-state index in [-0.39, 0.29) is 6.61 Å². The van der Waals surface area contributed by atoms with E-state index in [0.717, 1.165) is 49.8 Å². The topological polar surface area (TPSA) is 82.9 Å². The SMILES string of the molecule is Cc1cnc(CN2CCC[C@H](c3nnc(CO)n3C)C2)[nH]1. The predicted octanol–water partition coefficient (Wildman–Crippen LogP) is 0.719. The summed E-state index contributed by atoms with van der Waals surface area (Å²) in [5.74, 6) is 2.98. The van der Waals surface area contributed by atoms with Gasteiger partial charge < -0.3 is 14.7 Å². The van der Waals surface area contributed by atoms with Crippen molar-refractivity contribution in [3.63, 3.8) is 0 Å². The minimum absolute atomic E-state index is 0.0639. The lowest BCUT2D eigenvalue weighted by Gasteiger charge is -2.31. The average Bonchev–Trinajstić information content (AvgIpc) is 3.05. The Balaban J connectivity index is 1.69. The summed E-state index contributed by atoms with van der Waals surface area (Å²) in [5.41, 5.74) is 1.10. The van der Waals surface area contributed by atoms with Gasteiger partial charge in [-0.3, -0.25) is 4.90 Å². The summed E-state index contributed by atoms with van der Waals surface area (Å²) in [4.78, 5) is 10.1. The lowest BCUT2D eigenvalue weighted by molar-refractivity contribution is 0.191. The zero-order chi connectivity index (χ0) is 14.8. The maximum absolute atomic E-state index is 9.23. The van der Waals surface area contributed by atoms with Gasteiger partial charge in [-0.15, -0.1) is 10.2 Å². The molecule has 21 heavy (non-hydrogen) atoms. The van der Waals surface area contributed by atoms with E-state index in [1.54, 1.807) is 0 Å². The van der Waals surface area contributed by atoms with Crippen molar-refractivity contribution in [3.8, 4) is 0 Å². The molecule has 1 atom stereocenters. The van der Waals surface area contributed by atoms with E-state index in [1.807, 2.05) is 24.7 Å². The van der Waals surface area contributed by atoms with Gasteiger partial charge in [0, 0.05) is 31.4 Å². The second kappa shape index (κ2) is 5.95. The highest BCUT2D eigenvalue weighted by atomic mass is 16.3. The van der Waals surface area contributed by atoms with E-state index in [2.05, 4.69) is 25.1 Å². The Morgan fingerprint density at radius 1 is 1.43 bits per heavy atom. The highest BCUT2D eigenvalue weighted by Gasteiger charge is 2.26. The summed E-state index contributed by atoms with van der Waals surface area (Å²) in [6.07, 6.45) is 4.13. The second-order valence-electron chi connectivity index (χ2n) is 5.78. The maximum atomic E-state index is 9.23. The van der Waals surface area contributed by atoms with Crippen LogP contribution in [0, 0.1) is 6.92 Å². The van der Waals surface area contributed by atoms with Gasteiger partial charge in [0.2, 0.25) is 0 Å². The van der Waals surface area contributed by atoms with Gasteiger partial charge in [0.25, 0.3) is 0 Å². The van der Waals surface area contributed by atoms with Gasteiger partial charge in [-0.25, -0.2) is 4.98 Å². The molecule has 114 valence electrons. The number of aromatic nitrogens is 5. The van der Waals surface area contributed by atoms with Gasteiger partial charge in [-0.05, 0) is 26.3 Å². The number of aliphatic hydroxyl groups excluding tert-OH is 1. The van der Waals surface area contributed by atoms with Crippen LogP contribution >= 0.6 is 0 Å². The first-order valence-corrected chi connectivity index (χ1v) is 7.39. The zero-order valence-electron chi connectivity index (χ0n) is 12.6. The monoisotopic (exact) mass is 290 g/mol. The molecule has 2 aromatic rings. The van der Waals surface area contributed by atoms with Crippen LogP contribution in [0.25, 0.3) is 0 Å². The summed E-state index contributed by atoms with van der Waals surface area (Å²) in [6.45, 7) is 4.84. The molecular weight excluding hydrogens is 268 g/mol. The van der Waals surface area contributed by atoms with Crippen molar-refractivity contribution in [2.75, 3.05) is 13.1 Å². The fraction of sp³-hybridized carbons (Fsp3) is 0.643. The largest absolute Gasteiger partial charge is 0.388 e. The Labute approximate surface area is 124 Å². The smallest absolute Gasteiger partial charge is 0.158 e. The van der Waals surface area contributed by atoms with Crippen molar-refractivity contribution >= 4 is 0 Å². The second-order valence-corrected chi connectivity index (χ2v) is 5.78. The Morgan fingerprint density at radius 2 is 2.29 bits per heavy atom. The van der Waals surface area contributed by atoms with E-state index >= 15 is 0 Å². The highest BCUT2D eigenvalue weighted by molar-refractivity contribution is 5.04. The first-order chi connectivity index (χ1) is 10.2. The molecular formula is C14H22N6O. The van der Waals surface area contributed by atoms with Crippen LogP contribution in [0.2, 0.25) is 0 Å². The van der Waals surface area contributed by atoms with Crippen LogP contribution in [0.4, 0.5) is 0 Å². The Kier molecular flexibility index (Phi) is 4.03. The lowest BCUT2D eigenvalue weighted by atomic mass is 9.97. The van der Waals surface area contributed by atoms with Gasteiger partial charge in [-0.2, -0.15) is 0 Å². The molecule has 0 aliphatic carbocycles. The quantitative estimate of drug-likeness (QED) is 0.867. The summed E-state index contributed by atoms with van der Waals surface area (Å²) in [5, 5.41) is 17.5. The van der Waals surface area contributed by atoms with E-state index in [9.17, 15) is 5.11 Å². The van der Waals surface area contributed by atoms with Gasteiger partial charge in [-0.1, -0.05) is 0 Å². The fourth-order valence-electron chi connectivity index (χ4n) is 3.04. The number of aromatic amines is 1. The number of imidazole rings is 1. The molecule has 0 radical (unpaired) electrons. The van der Waals surface area contributed by atoms with Crippen LogP contribution in [0.5, 0.6) is 0 Å². The number of rotatable bonds is 4. The van der Waals surface area contributed by atoms with Crippen molar-refractivity contribution in [2.45, 2.75) is 38.8 Å². The Bertz CT molecular complexity index is 604. The molecule has 1 aliphatic rings. The minimum Gasteiger partial charge on any atom is -0.388 e. The van der Waals surface area contributed by atoms with E-state index in [4.69, 9.17) is 0 Å². The van der Waals surface area contributed by atoms with Crippen LogP contribution in [-0.2, 0) is 20.2 Å². The molecule has 1 aliphatic heterocycles. The van der Waals surface area contributed by atoms with Crippen molar-refractivity contribution in [1.29, 1.82) is 0 Å². The van der Waals surface area contributed by atoms with Crippen molar-refractivity contribution in [2.24, 2.45) is 7.05 Å². The number of hydrogen-bond donors (Lipinski definition) is 2. The van der Waals surface area contributed by atoms with Gasteiger partial charge in [0.15, 0.2) is 5.82 Å². The number of aryl methyl sites for hydroxylation is 1. The molecule has 0 aromatic carbocycles. The van der Waals surface area contributed by atoms with Crippen LogP contribution in [-0.4, -0.2) is 47.8 Å². The third kappa shape index (κ3) is 2.98. The summed E-state index contributed by atoms with van der Waals surface area (Å²) in [7, 11) is 1.93. The number of piperidine rings is 1. The number of aliphatic hydroxyl groups is 1. The number of likely N-dealkylation sites (tertiary alicyclic amines) is 1. The molecule has 7 heteroatoms. The molecule has 0 unspecified atom stereocenters. The van der Waals surface area contributed by atoms with Gasteiger partial charge >= 0.3 is 0 Å². The van der Waals surface area contributed by atoms with Gasteiger partial charge in [0.1, 0.15) is 18.3 Å². The van der Waals surface area contributed by atoms with Crippen molar-refractivity contribution in [3.05, 3.63) is 29.4 Å². The standard InChI is InChI=1S/C14H22N6O/c1-10-6-15-12(16-10)8-20-5-3-4-11(7-20)14-18-17-13(9-21)19(14)2/h6,11,21H,3-5,7-9H2,1-2H3,(H,15,16)/t11-/m0/s1. The van der Waals surface area contributed by atoms with E-state index in [1.165, 1.54) is 0 Å². The summed E-state index contributed by atoms with van der Waals surface area (Å²) in [6, 6.07) is 0. The maximum Gasteiger partial charge on any atom is 0.158 e. The fourth-order valence-corrected chi connectivity index (χ4v) is 3.04. The van der Waals surface area contributed by atoms with Crippen LogP contribution in [0.15, 0.2) is 6.20 Å². The van der Waals surface area contributed by atoms with E-state index < -0.39 is 0 Å². The van der Waals surface area contributed by atoms with Crippen molar-refractivity contribution in [1.82, 2.24) is 29.6 Å². The first kappa shape index (κ1) is 14.2. The Morgan fingerprint density at radius 3 is 2.95 bits per heavy atom. The number of nitrogens with one attached hydrogen (secondary N) is 1. The van der Waals surface area contributed by atoms with Crippen LogP contribution in [0.1, 0.15) is 41.9 Å². The zero-order valence-corrected chi connectivity index (χ0v) is 12.6. The van der Waals surface area contributed by atoms with E-state index in [0.29, 0.717) is 11.7 Å². The van der Waals surface area contributed by atoms with Crippen LogP contribution in [0.3, 0.4) is 0 Å².